The van der Waals surface area contributed by atoms with Gasteiger partial charge in [0.15, 0.2) is 0 Å². The fourth-order valence-corrected chi connectivity index (χ4v) is 3.22. The van der Waals surface area contributed by atoms with Gasteiger partial charge in [-0.3, -0.25) is 4.79 Å². The van der Waals surface area contributed by atoms with E-state index in [9.17, 15) is 15.0 Å². The average Bonchev–Trinajstić information content (AvgIpc) is 3.18. The van der Waals surface area contributed by atoms with Gasteiger partial charge in [-0.15, -0.1) is 10.2 Å². The molecule has 0 unspecified atom stereocenters. The Balaban J connectivity index is 1.61. The van der Waals surface area contributed by atoms with Crippen molar-refractivity contribution in [2.75, 3.05) is 19.7 Å². The lowest BCUT2D eigenvalue weighted by atomic mass is 9.97. The maximum absolute atomic E-state index is 12.4. The smallest absolute Gasteiger partial charge is 0.241 e. The molecular formula is C19H26N4O4. The van der Waals surface area contributed by atoms with Crippen LogP contribution < -0.4 is 10.6 Å². The highest BCUT2D eigenvalue weighted by Crippen LogP contribution is 2.23. The van der Waals surface area contributed by atoms with Crippen molar-refractivity contribution in [1.29, 1.82) is 0 Å². The number of phenolic OH excluding ortho intramolecular Hbond substituents is 1. The van der Waals surface area contributed by atoms with Gasteiger partial charge in [-0.2, -0.15) is 0 Å². The molecule has 1 aliphatic rings. The Hall–Kier alpha value is -2.45. The highest BCUT2D eigenvalue weighted by atomic mass is 16.4. The lowest BCUT2D eigenvalue weighted by molar-refractivity contribution is -0.127. The van der Waals surface area contributed by atoms with E-state index in [0.29, 0.717) is 12.3 Å². The van der Waals surface area contributed by atoms with E-state index in [2.05, 4.69) is 20.8 Å². The van der Waals surface area contributed by atoms with Crippen LogP contribution in [0.3, 0.4) is 0 Å². The van der Waals surface area contributed by atoms with Crippen LogP contribution >= 0.6 is 0 Å². The molecule has 1 fully saturated rings. The van der Waals surface area contributed by atoms with Gasteiger partial charge in [0.2, 0.25) is 17.7 Å². The molecule has 2 atom stereocenters. The Morgan fingerprint density at radius 2 is 1.93 bits per heavy atom. The molecule has 1 saturated heterocycles. The fraction of sp³-hybridized carbons (Fsp3) is 0.526. The van der Waals surface area contributed by atoms with E-state index in [1.165, 1.54) is 0 Å². The molecule has 1 aliphatic heterocycles. The minimum Gasteiger partial charge on any atom is -0.508 e. The number of nitrogens with zero attached hydrogens (tertiary/aromatic N) is 2. The Morgan fingerprint density at radius 1 is 1.26 bits per heavy atom. The molecular weight excluding hydrogens is 348 g/mol. The fourth-order valence-electron chi connectivity index (χ4n) is 3.22. The van der Waals surface area contributed by atoms with Crippen molar-refractivity contribution in [3.05, 3.63) is 41.6 Å². The van der Waals surface area contributed by atoms with Crippen LogP contribution in [0.15, 0.2) is 28.7 Å². The summed E-state index contributed by atoms with van der Waals surface area (Å²) >= 11 is 0. The Labute approximate surface area is 158 Å². The summed E-state index contributed by atoms with van der Waals surface area (Å²) in [6.45, 7) is 3.30. The minimum atomic E-state index is -0.700. The summed E-state index contributed by atoms with van der Waals surface area (Å²) in [6.07, 6.45) is 2.23. The topological polar surface area (TPSA) is 121 Å². The molecule has 2 heterocycles. The predicted octanol–water partition coefficient (Wildman–Crippen LogP) is 1.27. The zero-order valence-electron chi connectivity index (χ0n) is 15.4. The third kappa shape index (κ3) is 5.05. The molecule has 27 heavy (non-hydrogen) atoms. The van der Waals surface area contributed by atoms with E-state index in [-0.39, 0.29) is 36.0 Å². The molecule has 1 amide bonds. The lowest BCUT2D eigenvalue weighted by Crippen LogP contribution is -2.40. The summed E-state index contributed by atoms with van der Waals surface area (Å²) in [5.74, 6) is 0.709. The first-order valence-electron chi connectivity index (χ1n) is 9.30. The number of aromatic hydroxyl groups is 1. The second-order valence-electron chi connectivity index (χ2n) is 7.02. The number of hydrogen-bond acceptors (Lipinski definition) is 7. The SMILES string of the molecule is C[C@@H](Cc1ccc(O)cc1)c1nnc([C@H](CO)NC(=O)C2CCNCC2)o1. The van der Waals surface area contributed by atoms with E-state index in [1.807, 2.05) is 19.1 Å². The maximum atomic E-state index is 12.4. The highest BCUT2D eigenvalue weighted by Gasteiger charge is 2.27. The van der Waals surface area contributed by atoms with Crippen LogP contribution in [0.25, 0.3) is 0 Å². The number of carbonyl (C=O) groups excluding carboxylic acids is 1. The van der Waals surface area contributed by atoms with E-state index in [1.54, 1.807) is 12.1 Å². The average molecular weight is 374 g/mol. The predicted molar refractivity (Wildman–Crippen MR) is 98.1 cm³/mol. The first-order valence-corrected chi connectivity index (χ1v) is 9.30. The Morgan fingerprint density at radius 3 is 2.59 bits per heavy atom. The van der Waals surface area contributed by atoms with Crippen LogP contribution in [-0.4, -0.2) is 46.0 Å². The monoisotopic (exact) mass is 374 g/mol. The largest absolute Gasteiger partial charge is 0.508 e. The molecule has 146 valence electrons. The summed E-state index contributed by atoms with van der Waals surface area (Å²) in [5.41, 5.74) is 1.04. The zero-order chi connectivity index (χ0) is 19.2. The van der Waals surface area contributed by atoms with Crippen molar-refractivity contribution in [3.63, 3.8) is 0 Å². The number of amides is 1. The van der Waals surface area contributed by atoms with Crippen molar-refractivity contribution in [1.82, 2.24) is 20.8 Å². The molecule has 0 saturated carbocycles. The second kappa shape index (κ2) is 8.96. The van der Waals surface area contributed by atoms with Gasteiger partial charge in [0.25, 0.3) is 0 Å². The number of rotatable bonds is 7. The normalized spacial score (nSPS) is 17.4. The molecule has 3 rings (SSSR count). The van der Waals surface area contributed by atoms with E-state index >= 15 is 0 Å². The van der Waals surface area contributed by atoms with Crippen LogP contribution in [0.4, 0.5) is 0 Å². The van der Waals surface area contributed by atoms with Gasteiger partial charge in [0, 0.05) is 11.8 Å². The van der Waals surface area contributed by atoms with E-state index in [4.69, 9.17) is 4.42 Å². The van der Waals surface area contributed by atoms with Gasteiger partial charge < -0.3 is 25.3 Å². The molecule has 0 bridgehead atoms. The van der Waals surface area contributed by atoms with Crippen molar-refractivity contribution in [3.8, 4) is 5.75 Å². The first-order chi connectivity index (χ1) is 13.1. The van der Waals surface area contributed by atoms with Gasteiger partial charge in [-0.1, -0.05) is 19.1 Å². The van der Waals surface area contributed by atoms with Crippen LogP contribution in [0.5, 0.6) is 5.75 Å². The molecule has 8 nitrogen and oxygen atoms in total. The maximum Gasteiger partial charge on any atom is 0.241 e. The summed E-state index contributed by atoms with van der Waals surface area (Å²) in [5, 5.41) is 33.2. The number of nitrogens with one attached hydrogen (secondary N) is 2. The Kier molecular flexibility index (Phi) is 6.41. The molecule has 1 aromatic heterocycles. The minimum absolute atomic E-state index is 0.0322. The molecule has 0 aliphatic carbocycles. The Bertz CT molecular complexity index is 740. The number of hydrogen-bond donors (Lipinski definition) is 4. The van der Waals surface area contributed by atoms with E-state index < -0.39 is 6.04 Å². The third-order valence-corrected chi connectivity index (χ3v) is 4.86. The summed E-state index contributed by atoms with van der Waals surface area (Å²) in [6, 6.07) is 6.27. The van der Waals surface area contributed by atoms with Gasteiger partial charge >= 0.3 is 0 Å². The quantitative estimate of drug-likeness (QED) is 0.576. The number of phenols is 1. The first kappa shape index (κ1) is 19.3. The van der Waals surface area contributed by atoms with Crippen LogP contribution in [0.1, 0.15) is 49.1 Å². The lowest BCUT2D eigenvalue weighted by Gasteiger charge is -2.23. The third-order valence-electron chi connectivity index (χ3n) is 4.86. The summed E-state index contributed by atoms with van der Waals surface area (Å²) in [4.78, 5) is 12.4. The highest BCUT2D eigenvalue weighted by molar-refractivity contribution is 5.79. The van der Waals surface area contributed by atoms with Crippen molar-refractivity contribution >= 4 is 5.91 Å². The van der Waals surface area contributed by atoms with Gasteiger partial charge in [0.1, 0.15) is 11.8 Å². The van der Waals surface area contributed by atoms with Crippen LogP contribution in [0, 0.1) is 5.92 Å². The number of aliphatic hydroxyl groups excluding tert-OH is 1. The molecule has 0 spiro atoms. The van der Waals surface area contributed by atoms with Gasteiger partial charge in [-0.05, 0) is 50.0 Å². The molecule has 0 radical (unpaired) electrons. The summed E-state index contributed by atoms with van der Waals surface area (Å²) in [7, 11) is 0. The molecule has 1 aromatic carbocycles. The van der Waals surface area contributed by atoms with Crippen molar-refractivity contribution < 1.29 is 19.4 Å². The van der Waals surface area contributed by atoms with Crippen LogP contribution in [0.2, 0.25) is 0 Å². The van der Waals surface area contributed by atoms with Gasteiger partial charge in [0.05, 0.1) is 6.61 Å². The van der Waals surface area contributed by atoms with E-state index in [0.717, 1.165) is 31.5 Å². The second-order valence-corrected chi connectivity index (χ2v) is 7.02. The number of aromatic nitrogens is 2. The molecule has 2 aromatic rings. The van der Waals surface area contributed by atoms with Crippen molar-refractivity contribution in [2.24, 2.45) is 5.92 Å². The number of aliphatic hydroxyl groups is 1. The molecule has 4 N–H and O–H groups in total. The number of carbonyl (C=O) groups is 1. The number of benzene rings is 1. The summed E-state index contributed by atoms with van der Waals surface area (Å²) < 4.78 is 5.72. The zero-order valence-corrected chi connectivity index (χ0v) is 15.4. The standard InChI is InChI=1S/C19H26N4O4/c1-12(10-13-2-4-15(25)5-3-13)18-22-23-19(27-18)16(11-24)21-17(26)14-6-8-20-9-7-14/h2-5,12,14,16,20,24-25H,6-11H2,1H3,(H,21,26)/t12-,16-/m0/s1. The van der Waals surface area contributed by atoms with Crippen molar-refractivity contribution in [2.45, 2.75) is 38.1 Å². The number of piperidine rings is 1. The van der Waals surface area contributed by atoms with Gasteiger partial charge in [-0.25, -0.2) is 0 Å². The molecule has 8 heteroatoms. The van der Waals surface area contributed by atoms with Crippen LogP contribution in [-0.2, 0) is 11.2 Å².